The number of rotatable bonds is 21. The molecular weight excluding hydrogens is 1920 g/mol. The fourth-order valence-electron chi connectivity index (χ4n) is 17.2. The van der Waals surface area contributed by atoms with Crippen molar-refractivity contribution in [3.63, 3.8) is 0 Å². The smallest absolute Gasteiger partial charge is 0.268 e. The summed E-state index contributed by atoms with van der Waals surface area (Å²) in [6.45, 7) is 13.5. The van der Waals surface area contributed by atoms with Crippen LogP contribution in [0.25, 0.3) is 65.4 Å². The first-order valence-electron chi connectivity index (χ1n) is 45.9. The first kappa shape index (κ1) is 100.0. The monoisotopic (exact) mass is 2030 g/mol. The number of amides is 6. The molecule has 12 N–H and O–H groups in total. The van der Waals surface area contributed by atoms with Crippen LogP contribution in [0.4, 0.5) is 0 Å². The second-order valence-corrected chi connectivity index (χ2v) is 38.4. The van der Waals surface area contributed by atoms with Gasteiger partial charge in [0.1, 0.15) is 34.2 Å². The summed E-state index contributed by atoms with van der Waals surface area (Å²) in [4.78, 5) is 96.8. The molecule has 2 aliphatic rings. The summed E-state index contributed by atoms with van der Waals surface area (Å²) in [6, 6.07) is 74.6. The van der Waals surface area contributed by atoms with Crippen molar-refractivity contribution >= 4 is 175 Å². The lowest BCUT2D eigenvalue weighted by Gasteiger charge is -2.38. The lowest BCUT2D eigenvalue weighted by molar-refractivity contribution is 0.0344. The standard InChI is InChI=1S/C22H24ClN3O.C20H19ClN2O2.C17H19ClN4O.C17H15ClN2O.C16H17ClN4O.C15H15BrN4O/c1-26-11-9-16(10-12-26)21(15-5-3-2-4-6-15)25-22(27)20-14-17-13-18(23)7-8-19(17)24-20;21-16-6-7-17-14(12-16)13-18(22-17)19(24)23-20(8-10-25-11-9-20)15-4-2-1-3-5-15;1-10(2)16(12-8-19-22(3)9-12)21-17(23)15-7-11-6-13(18)4-5-14(11)20-15;1-11(12-5-3-2-4-6-12)19-17(21)16-10-13-9-14(18)7-8-15(13)20-16;1-3-13(11-8-18-21(2)9-11)20-16(22)15-7-10-6-12(17)4-5-14(10)19-15;1-9(11-7-17-20(2)8-11)18-15(21)14-6-10-5-12(16)3-4-13(10)19-14/h2-8,13-14,16,21,24H,9-12H2,1H3,(H,25,27);1-7,12-13,22H,8-11H2,(H,23,24);4-10,16,20H,1-3H3,(H,21,23);2-11,20H,1H3,(H,19,21);4-9,13,19H,3H2,1-2H3,(H,20,22);3-9,19H,1-2H3,(H,18,21)/t;;;11-;;/m...1../s1. The second-order valence-electron chi connectivity index (χ2n) is 35.3. The van der Waals surface area contributed by atoms with Crippen molar-refractivity contribution in [3.05, 3.63) is 371 Å². The normalized spacial score (nSPS) is 14.2. The third-order valence-corrected chi connectivity index (χ3v) is 26.4. The molecule has 2 aliphatic heterocycles. The molecule has 6 amide bonds. The van der Waals surface area contributed by atoms with Crippen molar-refractivity contribution in [2.24, 2.45) is 33.0 Å². The van der Waals surface area contributed by atoms with E-state index in [0.29, 0.717) is 78.4 Å². The number of piperidine rings is 1. The van der Waals surface area contributed by atoms with Crippen molar-refractivity contribution in [1.29, 1.82) is 0 Å². The van der Waals surface area contributed by atoms with Crippen LogP contribution in [0.2, 0.25) is 25.1 Å². The SMILES string of the molecule is CC(C)C(NC(=O)c1cc2cc(Cl)ccc2[nH]1)c1cnn(C)c1.CC(NC(=O)c1cc2cc(Br)ccc2[nH]1)c1cnn(C)c1.CCC(NC(=O)c1cc2cc(Cl)ccc2[nH]1)c1cnn(C)c1.CN1CCC(C(NC(=O)c2cc3cc(Cl)ccc3[nH]2)c2ccccc2)CC1.C[C@@H](NC(=O)c1cc2cc(Cl)ccc2[nH]1)c1ccccc1.O=C(NC1(c2ccccc2)CCOCC1)c1cc2cc(Cl)ccc2[nH]1. The molecule has 26 nitrogen and oxygen atoms in total. The predicted molar refractivity (Wildman–Crippen MR) is 558 cm³/mol. The van der Waals surface area contributed by atoms with Crippen LogP contribution in [0.15, 0.2) is 278 Å². The lowest BCUT2D eigenvalue weighted by Crippen LogP contribution is -2.49. The predicted octanol–water partition coefficient (Wildman–Crippen LogP) is 23.5. The van der Waals surface area contributed by atoms with Crippen LogP contribution in [-0.2, 0) is 31.4 Å². The molecule has 0 radical (unpaired) electrons. The summed E-state index contributed by atoms with van der Waals surface area (Å²) in [5.74, 6) is -0.0261. The number of aryl methyl sites for hydroxylation is 3. The number of fused-ring (bicyclic) bond motifs is 6. The van der Waals surface area contributed by atoms with E-state index in [0.717, 1.165) is 143 Å². The Bertz CT molecular complexity index is 7310. The number of H-pyrrole nitrogens is 6. The molecule has 139 heavy (non-hydrogen) atoms. The Labute approximate surface area is 837 Å². The third-order valence-electron chi connectivity index (χ3n) is 24.8. The Kier molecular flexibility index (Phi) is 33.0. The second kappa shape index (κ2) is 45.9. The number of halogens is 6. The van der Waals surface area contributed by atoms with Crippen LogP contribution >= 0.6 is 73.9 Å². The molecule has 2 fully saturated rings. The minimum absolute atomic E-state index is 0.0161. The number of likely N-dealkylation sites (tertiary alicyclic amines) is 1. The molecule has 11 heterocycles. The van der Waals surface area contributed by atoms with Crippen molar-refractivity contribution in [1.82, 2.24) is 96.0 Å². The van der Waals surface area contributed by atoms with Crippen molar-refractivity contribution in [2.45, 2.75) is 102 Å². The average Bonchev–Trinajstić information content (AvgIpc) is 1.78. The van der Waals surface area contributed by atoms with E-state index in [9.17, 15) is 28.8 Å². The molecule has 0 aliphatic carbocycles. The van der Waals surface area contributed by atoms with Gasteiger partial charge in [-0.3, -0.25) is 42.8 Å². The fraction of sp³-hybridized carbons (Fsp3) is 0.243. The molecule has 4 unspecified atom stereocenters. The summed E-state index contributed by atoms with van der Waals surface area (Å²) in [6.07, 6.45) is 15.5. The number of nitrogens with one attached hydrogen (secondary N) is 12. The Morgan fingerprint density at radius 1 is 0.396 bits per heavy atom. The average molecular weight is 2030 g/mol. The van der Waals surface area contributed by atoms with Crippen molar-refractivity contribution in [3.8, 4) is 0 Å². The summed E-state index contributed by atoms with van der Waals surface area (Å²) in [7, 11) is 7.74. The van der Waals surface area contributed by atoms with Crippen LogP contribution in [0.3, 0.4) is 0 Å². The maximum atomic E-state index is 13.0. The minimum atomic E-state index is -0.397. The maximum absolute atomic E-state index is 13.0. The molecule has 5 atom stereocenters. The highest BCUT2D eigenvalue weighted by Gasteiger charge is 2.37. The summed E-state index contributed by atoms with van der Waals surface area (Å²) in [5, 5.41) is 40.0. The Morgan fingerprint density at radius 2 is 0.734 bits per heavy atom. The van der Waals surface area contributed by atoms with Gasteiger partial charge in [0.15, 0.2) is 0 Å². The van der Waals surface area contributed by atoms with Crippen LogP contribution in [0, 0.1) is 11.8 Å². The van der Waals surface area contributed by atoms with E-state index >= 15 is 0 Å². The maximum Gasteiger partial charge on any atom is 0.268 e. The highest BCUT2D eigenvalue weighted by molar-refractivity contribution is 9.10. The fourth-order valence-corrected chi connectivity index (χ4v) is 18.5. The minimum Gasteiger partial charge on any atom is -0.381 e. The molecule has 20 rings (SSSR count). The van der Waals surface area contributed by atoms with E-state index in [1.807, 2.05) is 255 Å². The molecule has 2 saturated heterocycles. The Morgan fingerprint density at radius 3 is 1.12 bits per heavy atom. The van der Waals surface area contributed by atoms with Gasteiger partial charge in [0.05, 0.1) is 54.3 Å². The van der Waals surface area contributed by atoms with Crippen LogP contribution < -0.4 is 31.9 Å². The number of hydrogen-bond acceptors (Lipinski definition) is 11. The number of nitrogens with zero attached hydrogens (tertiary/aromatic N) is 7. The molecule has 0 bridgehead atoms. The zero-order valence-electron chi connectivity index (χ0n) is 78.1. The number of aromatic nitrogens is 12. The summed E-state index contributed by atoms with van der Waals surface area (Å²) < 4.78 is 11.7. The summed E-state index contributed by atoms with van der Waals surface area (Å²) >= 11 is 33.5. The number of aromatic amines is 6. The zero-order valence-corrected chi connectivity index (χ0v) is 83.5. The third kappa shape index (κ3) is 25.9. The van der Waals surface area contributed by atoms with Gasteiger partial charge in [-0.2, -0.15) is 15.3 Å². The van der Waals surface area contributed by atoms with Gasteiger partial charge in [-0.05, 0) is 240 Å². The number of carbonyl (C=O) groups is 6. The molecular formula is C107H109BrCl5N19O7. The van der Waals surface area contributed by atoms with Gasteiger partial charge in [-0.25, -0.2) is 0 Å². The van der Waals surface area contributed by atoms with Crippen LogP contribution in [0.5, 0.6) is 0 Å². The Hall–Kier alpha value is -13.5. The van der Waals surface area contributed by atoms with E-state index in [1.165, 1.54) is 5.56 Å². The van der Waals surface area contributed by atoms with E-state index in [1.54, 1.807) is 50.8 Å². The van der Waals surface area contributed by atoms with E-state index < -0.39 is 5.54 Å². The van der Waals surface area contributed by atoms with Crippen LogP contribution in [-0.4, -0.2) is 133 Å². The van der Waals surface area contributed by atoms with Crippen LogP contribution in [0.1, 0.15) is 193 Å². The number of ether oxygens (including phenoxy) is 1. The largest absolute Gasteiger partial charge is 0.381 e. The van der Waals surface area contributed by atoms with E-state index in [2.05, 4.69) is 143 Å². The van der Waals surface area contributed by atoms with Gasteiger partial charge in [0.25, 0.3) is 35.4 Å². The number of carbonyl (C=O) groups excluding carboxylic acids is 6. The molecule has 9 aromatic heterocycles. The number of hydrogen-bond donors (Lipinski definition) is 12. The lowest BCUT2D eigenvalue weighted by atomic mass is 9.82. The topological polar surface area (TPSA) is 335 Å². The Balaban J connectivity index is 0.000000127. The molecule has 0 saturated carbocycles. The van der Waals surface area contributed by atoms with Crippen molar-refractivity contribution < 1.29 is 33.5 Å². The first-order valence-corrected chi connectivity index (χ1v) is 48.5. The van der Waals surface area contributed by atoms with Crippen molar-refractivity contribution in [2.75, 3.05) is 33.4 Å². The molecule has 32 heteroatoms. The molecule has 716 valence electrons. The molecule has 0 spiro atoms. The van der Waals surface area contributed by atoms with Gasteiger partial charge in [0, 0.05) is 165 Å². The first-order chi connectivity index (χ1) is 66.9. The van der Waals surface area contributed by atoms with Gasteiger partial charge in [-0.15, -0.1) is 0 Å². The molecule has 18 aromatic rings. The van der Waals surface area contributed by atoms with Gasteiger partial charge >= 0.3 is 0 Å². The summed E-state index contributed by atoms with van der Waals surface area (Å²) in [5.41, 5.74) is 14.6. The van der Waals surface area contributed by atoms with E-state index in [-0.39, 0.29) is 71.6 Å². The highest BCUT2D eigenvalue weighted by atomic mass is 79.9. The van der Waals surface area contributed by atoms with E-state index in [4.69, 9.17) is 62.7 Å². The highest BCUT2D eigenvalue weighted by Crippen LogP contribution is 2.36. The van der Waals surface area contributed by atoms with Gasteiger partial charge in [-0.1, -0.05) is 186 Å². The van der Waals surface area contributed by atoms with Gasteiger partial charge in [0.2, 0.25) is 0 Å². The number of benzene rings is 9. The zero-order chi connectivity index (χ0) is 98.1. The molecule has 9 aromatic carbocycles. The quantitative estimate of drug-likeness (QED) is 0.0321. The van der Waals surface area contributed by atoms with Gasteiger partial charge < -0.3 is 71.4 Å².